The van der Waals surface area contributed by atoms with E-state index in [1.165, 1.54) is 0 Å². The summed E-state index contributed by atoms with van der Waals surface area (Å²) in [6.45, 7) is 3.92. The highest BCUT2D eigenvalue weighted by molar-refractivity contribution is 6.31. The van der Waals surface area contributed by atoms with Crippen LogP contribution >= 0.6 is 11.6 Å². The summed E-state index contributed by atoms with van der Waals surface area (Å²) in [6, 6.07) is 8.74. The van der Waals surface area contributed by atoms with Gasteiger partial charge in [-0.25, -0.2) is 0 Å². The van der Waals surface area contributed by atoms with Crippen molar-refractivity contribution in [3.8, 4) is 11.5 Å². The normalized spacial score (nSPS) is 11.0. The number of phenolic OH excluding ortho intramolecular Hbond substituents is 1. The second-order valence-electron chi connectivity index (χ2n) is 3.94. The van der Waals surface area contributed by atoms with Crippen LogP contribution in [0.15, 0.2) is 30.3 Å². The van der Waals surface area contributed by atoms with E-state index in [2.05, 4.69) is 0 Å². The molecule has 0 aromatic heterocycles. The standard InChI is InChI=1S/C13H13ClO2/c1-8(2)16-13-6-5-12(15)10-4-3-9(14)7-11(10)13/h3-8,15H,1-2H3. The van der Waals surface area contributed by atoms with Crippen LogP contribution in [0.5, 0.6) is 11.5 Å². The first-order valence-corrected chi connectivity index (χ1v) is 5.53. The molecule has 0 spiro atoms. The van der Waals surface area contributed by atoms with Gasteiger partial charge in [0, 0.05) is 15.8 Å². The Balaban J connectivity index is 2.65. The summed E-state index contributed by atoms with van der Waals surface area (Å²) in [5, 5.41) is 11.9. The van der Waals surface area contributed by atoms with Gasteiger partial charge >= 0.3 is 0 Å². The van der Waals surface area contributed by atoms with E-state index in [0.29, 0.717) is 5.02 Å². The zero-order chi connectivity index (χ0) is 11.7. The van der Waals surface area contributed by atoms with Gasteiger partial charge in [-0.15, -0.1) is 0 Å². The van der Waals surface area contributed by atoms with Crippen LogP contribution in [-0.2, 0) is 0 Å². The van der Waals surface area contributed by atoms with Gasteiger partial charge < -0.3 is 9.84 Å². The van der Waals surface area contributed by atoms with Crippen molar-refractivity contribution < 1.29 is 9.84 Å². The minimum absolute atomic E-state index is 0.0896. The molecular weight excluding hydrogens is 224 g/mol. The number of ether oxygens (including phenoxy) is 1. The first kappa shape index (κ1) is 11.1. The van der Waals surface area contributed by atoms with E-state index in [1.54, 1.807) is 30.3 Å². The van der Waals surface area contributed by atoms with Crippen LogP contribution in [0.1, 0.15) is 13.8 Å². The average Bonchev–Trinajstić information content (AvgIpc) is 2.22. The molecule has 0 aliphatic heterocycles. The lowest BCUT2D eigenvalue weighted by atomic mass is 10.1. The van der Waals surface area contributed by atoms with Gasteiger partial charge in [0.1, 0.15) is 11.5 Å². The predicted molar refractivity (Wildman–Crippen MR) is 66.4 cm³/mol. The van der Waals surface area contributed by atoms with Gasteiger partial charge in [-0.1, -0.05) is 11.6 Å². The van der Waals surface area contributed by atoms with Crippen LogP contribution in [0.25, 0.3) is 10.8 Å². The maximum absolute atomic E-state index is 9.72. The van der Waals surface area contributed by atoms with E-state index >= 15 is 0 Å². The number of hydrogen-bond acceptors (Lipinski definition) is 2. The molecule has 84 valence electrons. The maximum atomic E-state index is 9.72. The molecule has 2 rings (SSSR count). The lowest BCUT2D eigenvalue weighted by Crippen LogP contribution is -2.05. The molecule has 1 N–H and O–H groups in total. The lowest BCUT2D eigenvalue weighted by molar-refractivity contribution is 0.245. The summed E-state index contributed by atoms with van der Waals surface area (Å²) in [5.74, 6) is 0.980. The summed E-state index contributed by atoms with van der Waals surface area (Å²) < 4.78 is 5.67. The van der Waals surface area contributed by atoms with Crippen molar-refractivity contribution >= 4 is 22.4 Å². The molecule has 0 heterocycles. The third-order valence-corrected chi connectivity index (χ3v) is 2.51. The number of hydrogen-bond donors (Lipinski definition) is 1. The molecule has 16 heavy (non-hydrogen) atoms. The Kier molecular flexibility index (Phi) is 2.92. The fourth-order valence-electron chi connectivity index (χ4n) is 1.63. The lowest BCUT2D eigenvalue weighted by Gasteiger charge is -2.13. The van der Waals surface area contributed by atoms with Crippen LogP contribution in [-0.4, -0.2) is 11.2 Å². The van der Waals surface area contributed by atoms with Gasteiger partial charge in [-0.3, -0.25) is 0 Å². The molecule has 0 unspecified atom stereocenters. The Bertz CT molecular complexity index is 521. The summed E-state index contributed by atoms with van der Waals surface area (Å²) in [4.78, 5) is 0. The van der Waals surface area contributed by atoms with Crippen molar-refractivity contribution in [2.75, 3.05) is 0 Å². The monoisotopic (exact) mass is 236 g/mol. The second-order valence-corrected chi connectivity index (χ2v) is 4.38. The zero-order valence-corrected chi connectivity index (χ0v) is 9.95. The van der Waals surface area contributed by atoms with Crippen LogP contribution in [0.4, 0.5) is 0 Å². The van der Waals surface area contributed by atoms with E-state index in [1.807, 2.05) is 13.8 Å². The molecule has 0 atom stereocenters. The third kappa shape index (κ3) is 2.07. The summed E-state index contributed by atoms with van der Waals surface area (Å²) >= 11 is 5.94. The number of aromatic hydroxyl groups is 1. The minimum Gasteiger partial charge on any atom is -0.507 e. The van der Waals surface area contributed by atoms with Gasteiger partial charge in [0.2, 0.25) is 0 Å². The van der Waals surface area contributed by atoms with Crippen LogP contribution < -0.4 is 4.74 Å². The maximum Gasteiger partial charge on any atom is 0.127 e. The molecule has 2 aromatic carbocycles. The molecule has 0 fully saturated rings. The van der Waals surface area contributed by atoms with Crippen molar-refractivity contribution in [1.82, 2.24) is 0 Å². The van der Waals surface area contributed by atoms with Gasteiger partial charge in [0.25, 0.3) is 0 Å². The fraction of sp³-hybridized carbons (Fsp3) is 0.231. The Morgan fingerprint density at radius 2 is 1.88 bits per heavy atom. The SMILES string of the molecule is CC(C)Oc1ccc(O)c2ccc(Cl)cc12. The quantitative estimate of drug-likeness (QED) is 0.855. The number of rotatable bonds is 2. The summed E-state index contributed by atoms with van der Waals surface area (Å²) in [5.41, 5.74) is 0. The van der Waals surface area contributed by atoms with E-state index in [9.17, 15) is 5.11 Å². The van der Waals surface area contributed by atoms with Gasteiger partial charge in [-0.2, -0.15) is 0 Å². The molecule has 0 amide bonds. The smallest absolute Gasteiger partial charge is 0.127 e. The van der Waals surface area contributed by atoms with E-state index in [-0.39, 0.29) is 11.9 Å². The third-order valence-electron chi connectivity index (χ3n) is 2.28. The highest BCUT2D eigenvalue weighted by Gasteiger charge is 2.08. The molecule has 0 saturated carbocycles. The fourth-order valence-corrected chi connectivity index (χ4v) is 1.81. The summed E-state index contributed by atoms with van der Waals surface area (Å²) in [6.07, 6.45) is 0.0896. The van der Waals surface area contributed by atoms with E-state index in [4.69, 9.17) is 16.3 Å². The summed E-state index contributed by atoms with van der Waals surface area (Å²) in [7, 11) is 0. The molecule has 3 heteroatoms. The molecule has 0 saturated heterocycles. The Labute approximate surface area is 99.4 Å². The predicted octanol–water partition coefficient (Wildman–Crippen LogP) is 3.99. The van der Waals surface area contributed by atoms with E-state index < -0.39 is 0 Å². The topological polar surface area (TPSA) is 29.5 Å². The largest absolute Gasteiger partial charge is 0.507 e. The van der Waals surface area contributed by atoms with Crippen molar-refractivity contribution in [2.24, 2.45) is 0 Å². The number of phenols is 1. The molecule has 2 nitrogen and oxygen atoms in total. The van der Waals surface area contributed by atoms with Crippen LogP contribution in [0.3, 0.4) is 0 Å². The van der Waals surface area contributed by atoms with Crippen molar-refractivity contribution in [1.29, 1.82) is 0 Å². The van der Waals surface area contributed by atoms with Crippen molar-refractivity contribution in [3.63, 3.8) is 0 Å². The highest BCUT2D eigenvalue weighted by Crippen LogP contribution is 2.34. The van der Waals surface area contributed by atoms with Gasteiger partial charge in [-0.05, 0) is 44.2 Å². The van der Waals surface area contributed by atoms with E-state index in [0.717, 1.165) is 16.5 Å². The molecule has 2 aromatic rings. The average molecular weight is 237 g/mol. The van der Waals surface area contributed by atoms with Gasteiger partial charge in [0.15, 0.2) is 0 Å². The molecular formula is C13H13ClO2. The number of fused-ring (bicyclic) bond motifs is 1. The molecule has 0 aliphatic rings. The second kappa shape index (κ2) is 4.22. The number of halogens is 1. The molecule has 0 aliphatic carbocycles. The van der Waals surface area contributed by atoms with Crippen molar-refractivity contribution in [2.45, 2.75) is 20.0 Å². The van der Waals surface area contributed by atoms with Gasteiger partial charge in [0.05, 0.1) is 6.10 Å². The Hall–Kier alpha value is -1.41. The first-order chi connectivity index (χ1) is 7.58. The Morgan fingerprint density at radius 3 is 2.56 bits per heavy atom. The first-order valence-electron chi connectivity index (χ1n) is 5.16. The van der Waals surface area contributed by atoms with Crippen LogP contribution in [0.2, 0.25) is 5.02 Å². The minimum atomic E-state index is 0.0896. The number of benzene rings is 2. The Morgan fingerprint density at radius 1 is 1.12 bits per heavy atom. The molecule has 0 bridgehead atoms. The van der Waals surface area contributed by atoms with Crippen molar-refractivity contribution in [3.05, 3.63) is 35.4 Å². The highest BCUT2D eigenvalue weighted by atomic mass is 35.5. The van der Waals surface area contributed by atoms with Crippen LogP contribution in [0, 0.1) is 0 Å². The molecule has 0 radical (unpaired) electrons. The zero-order valence-electron chi connectivity index (χ0n) is 9.20.